The molecule has 0 bridgehead atoms. The summed E-state index contributed by atoms with van der Waals surface area (Å²) >= 11 is 0. The number of hydrogen-bond acceptors (Lipinski definition) is 4. The molecule has 1 aliphatic rings. The zero-order chi connectivity index (χ0) is 21.6. The number of sulfonamides is 1. The number of anilines is 1. The number of carbonyl (C=O) groups excluding carboxylic acids is 1. The first-order valence-electron chi connectivity index (χ1n) is 10.5. The molecule has 1 fully saturated rings. The normalized spacial score (nSPS) is 16.1. The van der Waals surface area contributed by atoms with Crippen LogP contribution in [-0.2, 0) is 14.8 Å². The van der Waals surface area contributed by atoms with Gasteiger partial charge in [-0.25, -0.2) is 8.42 Å². The molecule has 162 valence electrons. The van der Waals surface area contributed by atoms with Crippen molar-refractivity contribution < 1.29 is 17.9 Å². The molecule has 1 amide bonds. The molecular formula is C23H30N2O4S. The Kier molecular flexibility index (Phi) is 7.50. The summed E-state index contributed by atoms with van der Waals surface area (Å²) in [5.41, 5.74) is 1.31. The molecule has 0 aromatic heterocycles. The maximum absolute atomic E-state index is 13.1. The van der Waals surface area contributed by atoms with Gasteiger partial charge >= 0.3 is 0 Å². The number of nitrogens with zero attached hydrogens (tertiary/aromatic N) is 1. The third-order valence-corrected chi connectivity index (χ3v) is 7.37. The lowest BCUT2D eigenvalue weighted by molar-refractivity contribution is -0.117. The number of benzene rings is 2. The molecule has 0 saturated carbocycles. The molecule has 1 atom stereocenters. The Morgan fingerprint density at radius 3 is 2.43 bits per heavy atom. The molecule has 1 saturated heterocycles. The summed E-state index contributed by atoms with van der Waals surface area (Å²) in [7, 11) is -2.10. The summed E-state index contributed by atoms with van der Waals surface area (Å²) in [6.07, 6.45) is 4.34. The Labute approximate surface area is 179 Å². The van der Waals surface area contributed by atoms with Crippen LogP contribution >= 0.6 is 0 Å². The van der Waals surface area contributed by atoms with E-state index < -0.39 is 10.0 Å². The fraction of sp³-hybridized carbons (Fsp3) is 0.435. The van der Waals surface area contributed by atoms with Crippen molar-refractivity contribution in [2.45, 2.75) is 49.8 Å². The number of ether oxygens (including phenoxy) is 1. The number of rotatable bonds is 8. The van der Waals surface area contributed by atoms with Crippen molar-refractivity contribution in [1.29, 1.82) is 0 Å². The maximum Gasteiger partial charge on any atom is 0.243 e. The largest absolute Gasteiger partial charge is 0.495 e. The predicted octanol–water partition coefficient (Wildman–Crippen LogP) is 4.39. The topological polar surface area (TPSA) is 75.7 Å². The van der Waals surface area contributed by atoms with Crippen LogP contribution < -0.4 is 10.1 Å². The van der Waals surface area contributed by atoms with Gasteiger partial charge in [-0.3, -0.25) is 4.79 Å². The van der Waals surface area contributed by atoms with Crippen LogP contribution in [0.4, 0.5) is 5.69 Å². The van der Waals surface area contributed by atoms with Crippen LogP contribution in [0.15, 0.2) is 53.4 Å². The lowest BCUT2D eigenvalue weighted by atomic mass is 9.93. The fourth-order valence-electron chi connectivity index (χ4n) is 3.84. The van der Waals surface area contributed by atoms with Crippen molar-refractivity contribution in [3.63, 3.8) is 0 Å². The van der Waals surface area contributed by atoms with Crippen LogP contribution in [0.2, 0.25) is 0 Å². The van der Waals surface area contributed by atoms with Gasteiger partial charge in [0.25, 0.3) is 0 Å². The summed E-state index contributed by atoms with van der Waals surface area (Å²) in [4.78, 5) is 13.3. The van der Waals surface area contributed by atoms with Gasteiger partial charge < -0.3 is 10.1 Å². The Morgan fingerprint density at radius 1 is 1.10 bits per heavy atom. The molecule has 30 heavy (non-hydrogen) atoms. The lowest BCUT2D eigenvalue weighted by Gasteiger charge is -2.26. The number of hydrogen-bond donors (Lipinski definition) is 1. The first-order chi connectivity index (χ1) is 14.5. The van der Waals surface area contributed by atoms with Crippen molar-refractivity contribution in [1.82, 2.24) is 4.31 Å². The maximum atomic E-state index is 13.1. The SMILES string of the molecule is CCCC(C(=O)Nc1cc(S(=O)(=O)N2CCCCC2)ccc1OC)c1ccccc1. The molecule has 1 heterocycles. The molecule has 0 spiro atoms. The minimum Gasteiger partial charge on any atom is -0.495 e. The highest BCUT2D eigenvalue weighted by Crippen LogP contribution is 2.32. The third kappa shape index (κ3) is 5.02. The Balaban J connectivity index is 1.89. The predicted molar refractivity (Wildman–Crippen MR) is 118 cm³/mol. The molecule has 2 aromatic rings. The first-order valence-corrected chi connectivity index (χ1v) is 12.0. The Hall–Kier alpha value is -2.38. The van der Waals surface area contributed by atoms with Gasteiger partial charge in [-0.2, -0.15) is 4.31 Å². The molecule has 1 aliphatic heterocycles. The zero-order valence-electron chi connectivity index (χ0n) is 17.6. The number of nitrogens with one attached hydrogen (secondary N) is 1. The highest BCUT2D eigenvalue weighted by molar-refractivity contribution is 7.89. The van der Waals surface area contributed by atoms with Crippen LogP contribution in [0.3, 0.4) is 0 Å². The number of piperidine rings is 1. The number of methoxy groups -OCH3 is 1. The third-order valence-electron chi connectivity index (χ3n) is 5.48. The van der Waals surface area contributed by atoms with Gasteiger partial charge in [0.2, 0.25) is 15.9 Å². The van der Waals surface area contributed by atoms with Gasteiger partial charge in [-0.15, -0.1) is 0 Å². The molecule has 6 nitrogen and oxygen atoms in total. The first kappa shape index (κ1) is 22.3. The van der Waals surface area contributed by atoms with E-state index in [9.17, 15) is 13.2 Å². The quantitative estimate of drug-likeness (QED) is 0.674. The van der Waals surface area contributed by atoms with Crippen molar-refractivity contribution in [3.05, 3.63) is 54.1 Å². The molecule has 0 radical (unpaired) electrons. The van der Waals surface area contributed by atoms with Gasteiger partial charge in [0.15, 0.2) is 0 Å². The van der Waals surface area contributed by atoms with Crippen LogP contribution in [0.1, 0.15) is 50.5 Å². The summed E-state index contributed by atoms with van der Waals surface area (Å²) in [6.45, 7) is 3.10. The lowest BCUT2D eigenvalue weighted by Crippen LogP contribution is -2.35. The fourth-order valence-corrected chi connectivity index (χ4v) is 5.39. The van der Waals surface area contributed by atoms with Crippen LogP contribution in [-0.4, -0.2) is 38.8 Å². The summed E-state index contributed by atoms with van der Waals surface area (Å²) in [6, 6.07) is 14.3. The molecule has 1 unspecified atom stereocenters. The van der Waals surface area contributed by atoms with Crippen molar-refractivity contribution >= 4 is 21.6 Å². The van der Waals surface area contributed by atoms with Crippen molar-refractivity contribution in [2.75, 3.05) is 25.5 Å². The summed E-state index contributed by atoms with van der Waals surface area (Å²) in [5.74, 6) is -0.0543. The van der Waals surface area contributed by atoms with Crippen LogP contribution in [0.5, 0.6) is 5.75 Å². The van der Waals surface area contributed by atoms with Crippen LogP contribution in [0, 0.1) is 0 Å². The Bertz CT molecular complexity index is 954. The number of amides is 1. The second-order valence-corrected chi connectivity index (χ2v) is 9.51. The van der Waals surface area contributed by atoms with Crippen molar-refractivity contribution in [3.8, 4) is 5.75 Å². The standard InChI is InChI=1S/C23H30N2O4S/c1-3-10-20(18-11-6-4-7-12-18)23(26)24-21-17-19(13-14-22(21)29-2)30(27,28)25-15-8-5-9-16-25/h4,6-7,11-14,17,20H,3,5,8-10,15-16H2,1-2H3,(H,24,26). The number of carbonyl (C=O) groups is 1. The summed E-state index contributed by atoms with van der Waals surface area (Å²) in [5, 5.41) is 2.91. The highest BCUT2D eigenvalue weighted by Gasteiger charge is 2.27. The van der Waals surface area contributed by atoms with E-state index in [4.69, 9.17) is 4.74 Å². The molecule has 0 aliphatic carbocycles. The van der Waals surface area contributed by atoms with E-state index >= 15 is 0 Å². The monoisotopic (exact) mass is 430 g/mol. The van der Waals surface area contributed by atoms with Crippen molar-refractivity contribution in [2.24, 2.45) is 0 Å². The van der Waals surface area contributed by atoms with E-state index in [0.29, 0.717) is 30.9 Å². The molecular weight excluding hydrogens is 400 g/mol. The molecule has 3 rings (SSSR count). The second-order valence-electron chi connectivity index (χ2n) is 7.57. The van der Waals surface area contributed by atoms with Gasteiger partial charge in [-0.1, -0.05) is 50.1 Å². The van der Waals surface area contributed by atoms with Gasteiger partial charge in [0, 0.05) is 13.1 Å². The molecule has 2 aromatic carbocycles. The van der Waals surface area contributed by atoms with E-state index in [2.05, 4.69) is 5.32 Å². The zero-order valence-corrected chi connectivity index (χ0v) is 18.5. The summed E-state index contributed by atoms with van der Waals surface area (Å²) < 4.78 is 33.0. The average Bonchev–Trinajstić information content (AvgIpc) is 2.78. The minimum atomic E-state index is -3.60. The van der Waals surface area contributed by atoms with Gasteiger partial charge in [-0.05, 0) is 43.0 Å². The smallest absolute Gasteiger partial charge is 0.243 e. The molecule has 7 heteroatoms. The van der Waals surface area contributed by atoms with Crippen LogP contribution in [0.25, 0.3) is 0 Å². The Morgan fingerprint density at radius 2 is 1.80 bits per heavy atom. The average molecular weight is 431 g/mol. The van der Waals surface area contributed by atoms with E-state index in [-0.39, 0.29) is 16.7 Å². The van der Waals surface area contributed by atoms with Gasteiger partial charge in [0.05, 0.1) is 23.6 Å². The highest BCUT2D eigenvalue weighted by atomic mass is 32.2. The second kappa shape index (κ2) is 10.1. The van der Waals surface area contributed by atoms with E-state index in [0.717, 1.165) is 31.2 Å². The molecule has 1 N–H and O–H groups in total. The van der Waals surface area contributed by atoms with E-state index in [1.807, 2.05) is 37.3 Å². The van der Waals surface area contributed by atoms with E-state index in [1.165, 1.54) is 17.5 Å². The van der Waals surface area contributed by atoms with E-state index in [1.54, 1.807) is 12.1 Å². The van der Waals surface area contributed by atoms with Gasteiger partial charge in [0.1, 0.15) is 5.75 Å². The minimum absolute atomic E-state index is 0.172.